The van der Waals surface area contributed by atoms with Crippen molar-refractivity contribution in [3.63, 3.8) is 0 Å². The van der Waals surface area contributed by atoms with Gasteiger partial charge in [-0.05, 0) is 50.0 Å². The fourth-order valence-corrected chi connectivity index (χ4v) is 2.72. The van der Waals surface area contributed by atoms with E-state index in [4.69, 9.17) is 4.74 Å². The summed E-state index contributed by atoms with van der Waals surface area (Å²) in [6.45, 7) is 4.69. The molecule has 1 aliphatic heterocycles. The van der Waals surface area contributed by atoms with Crippen molar-refractivity contribution in [3.05, 3.63) is 39.9 Å². The number of hydrogen-bond acceptors (Lipinski definition) is 5. The smallest absolute Gasteiger partial charge is 0.410 e. The van der Waals surface area contributed by atoms with Gasteiger partial charge in [0.05, 0.1) is 4.92 Å². The van der Waals surface area contributed by atoms with Gasteiger partial charge < -0.3 is 15.0 Å². The van der Waals surface area contributed by atoms with Gasteiger partial charge in [-0.1, -0.05) is 6.92 Å². The first kappa shape index (κ1) is 20.2. The number of carbonyl (C=O) groups excluding carboxylic acids is 1. The maximum Gasteiger partial charge on any atom is 0.410 e. The topological polar surface area (TPSA) is 84.7 Å². The Balaban J connectivity index is 0.00000288. The molecule has 7 nitrogen and oxygen atoms in total. The molecule has 1 fully saturated rings. The van der Waals surface area contributed by atoms with Gasteiger partial charge in [-0.25, -0.2) is 4.79 Å². The molecule has 1 amide bonds. The monoisotopic (exact) mass is 357 g/mol. The van der Waals surface area contributed by atoms with E-state index >= 15 is 0 Å². The van der Waals surface area contributed by atoms with Crippen LogP contribution < -0.4 is 5.32 Å². The van der Waals surface area contributed by atoms with E-state index in [1.807, 2.05) is 11.8 Å². The van der Waals surface area contributed by atoms with Crippen LogP contribution in [-0.4, -0.2) is 41.6 Å². The van der Waals surface area contributed by atoms with E-state index in [1.165, 1.54) is 12.1 Å². The molecule has 0 saturated carbocycles. The average molecular weight is 358 g/mol. The second-order valence-electron chi connectivity index (χ2n) is 5.65. The number of rotatable bonds is 6. The Hall–Kier alpha value is -1.86. The molecular formula is C16H24ClN3O4. The molecular weight excluding hydrogens is 334 g/mol. The lowest BCUT2D eigenvalue weighted by atomic mass is 10.1. The summed E-state index contributed by atoms with van der Waals surface area (Å²) < 4.78 is 5.39. The number of nitro benzene ring substituents is 1. The highest BCUT2D eigenvalue weighted by atomic mass is 35.5. The van der Waals surface area contributed by atoms with Crippen LogP contribution in [-0.2, 0) is 11.3 Å². The number of amides is 1. The highest BCUT2D eigenvalue weighted by molar-refractivity contribution is 5.85. The number of nitrogens with one attached hydrogen (secondary N) is 1. The van der Waals surface area contributed by atoms with Crippen molar-refractivity contribution in [1.29, 1.82) is 0 Å². The fraction of sp³-hybridized carbons (Fsp3) is 0.562. The van der Waals surface area contributed by atoms with Crippen LogP contribution in [0.4, 0.5) is 10.5 Å². The predicted molar refractivity (Wildman–Crippen MR) is 93.4 cm³/mol. The van der Waals surface area contributed by atoms with Crippen LogP contribution in [0.2, 0.25) is 0 Å². The number of hydrogen-bond donors (Lipinski definition) is 1. The summed E-state index contributed by atoms with van der Waals surface area (Å²) in [5.74, 6) is 0. The molecule has 1 heterocycles. The third kappa shape index (κ3) is 5.65. The largest absolute Gasteiger partial charge is 0.445 e. The standard InChI is InChI=1S/C16H23N3O4.ClH/c1-2-11-18(14-7-9-17-10-8-14)16(20)23-12-13-3-5-15(6-4-13)19(21)22;/h3-6,14,17H,2,7-12H2,1H3;1H. The van der Waals surface area contributed by atoms with Crippen LogP contribution >= 0.6 is 12.4 Å². The summed E-state index contributed by atoms with van der Waals surface area (Å²) in [6, 6.07) is 6.28. The molecule has 1 aromatic carbocycles. The first-order valence-electron chi connectivity index (χ1n) is 7.99. The zero-order chi connectivity index (χ0) is 16.7. The number of benzene rings is 1. The molecule has 1 N–H and O–H groups in total. The van der Waals surface area contributed by atoms with Crippen molar-refractivity contribution in [1.82, 2.24) is 10.2 Å². The number of piperidine rings is 1. The van der Waals surface area contributed by atoms with Crippen LogP contribution in [0.15, 0.2) is 24.3 Å². The molecule has 24 heavy (non-hydrogen) atoms. The van der Waals surface area contributed by atoms with Gasteiger partial charge in [0.1, 0.15) is 6.61 Å². The third-order valence-electron chi connectivity index (χ3n) is 3.96. The van der Waals surface area contributed by atoms with E-state index in [2.05, 4.69) is 5.32 Å². The second kappa shape index (κ2) is 10.1. The summed E-state index contributed by atoms with van der Waals surface area (Å²) in [6.07, 6.45) is 2.45. The third-order valence-corrected chi connectivity index (χ3v) is 3.96. The number of nitrogens with zero attached hydrogens (tertiary/aromatic N) is 2. The molecule has 1 saturated heterocycles. The zero-order valence-corrected chi connectivity index (χ0v) is 14.6. The average Bonchev–Trinajstić information content (AvgIpc) is 2.58. The Morgan fingerprint density at radius 2 is 1.96 bits per heavy atom. The van der Waals surface area contributed by atoms with E-state index in [0.29, 0.717) is 6.54 Å². The summed E-state index contributed by atoms with van der Waals surface area (Å²) >= 11 is 0. The van der Waals surface area contributed by atoms with Gasteiger partial charge in [0.2, 0.25) is 0 Å². The minimum absolute atomic E-state index is 0. The molecule has 0 aliphatic carbocycles. The molecule has 0 aromatic heterocycles. The van der Waals surface area contributed by atoms with Crippen molar-refractivity contribution in [3.8, 4) is 0 Å². The van der Waals surface area contributed by atoms with E-state index in [1.54, 1.807) is 12.1 Å². The number of halogens is 1. The van der Waals surface area contributed by atoms with E-state index in [0.717, 1.165) is 37.9 Å². The number of ether oxygens (including phenoxy) is 1. The minimum atomic E-state index is -0.449. The molecule has 2 rings (SSSR count). The summed E-state index contributed by atoms with van der Waals surface area (Å²) in [5.41, 5.74) is 0.771. The maximum absolute atomic E-state index is 12.4. The van der Waals surface area contributed by atoms with Gasteiger partial charge >= 0.3 is 6.09 Å². The summed E-state index contributed by atoms with van der Waals surface area (Å²) in [5, 5.41) is 13.9. The molecule has 134 valence electrons. The van der Waals surface area contributed by atoms with E-state index in [9.17, 15) is 14.9 Å². The highest BCUT2D eigenvalue weighted by Crippen LogP contribution is 2.16. The van der Waals surface area contributed by atoms with Crippen molar-refractivity contribution in [2.45, 2.75) is 38.8 Å². The molecule has 8 heteroatoms. The van der Waals surface area contributed by atoms with Crippen LogP contribution in [0.5, 0.6) is 0 Å². The van der Waals surface area contributed by atoms with Crippen LogP contribution in [0.25, 0.3) is 0 Å². The SMILES string of the molecule is CCCN(C(=O)OCc1ccc([N+](=O)[O-])cc1)C1CCNCC1.Cl. The summed E-state index contributed by atoms with van der Waals surface area (Å²) in [7, 11) is 0. The maximum atomic E-state index is 12.4. The Morgan fingerprint density at radius 3 is 2.50 bits per heavy atom. The Bertz CT molecular complexity index is 533. The van der Waals surface area contributed by atoms with Gasteiger partial charge in [-0.15, -0.1) is 12.4 Å². The van der Waals surface area contributed by atoms with Gasteiger partial charge in [0.15, 0.2) is 0 Å². The van der Waals surface area contributed by atoms with Gasteiger partial charge in [0, 0.05) is 24.7 Å². The molecule has 1 aliphatic rings. The minimum Gasteiger partial charge on any atom is -0.445 e. The molecule has 0 atom stereocenters. The molecule has 0 bridgehead atoms. The Kier molecular flexibility index (Phi) is 8.49. The van der Waals surface area contributed by atoms with Gasteiger partial charge in [-0.3, -0.25) is 10.1 Å². The Labute approximate surface area is 147 Å². The Morgan fingerprint density at radius 1 is 1.33 bits per heavy atom. The first-order valence-corrected chi connectivity index (χ1v) is 7.99. The quantitative estimate of drug-likeness (QED) is 0.624. The van der Waals surface area contributed by atoms with Crippen molar-refractivity contribution < 1.29 is 14.5 Å². The molecule has 1 aromatic rings. The highest BCUT2D eigenvalue weighted by Gasteiger charge is 2.25. The van der Waals surface area contributed by atoms with Crippen molar-refractivity contribution in [2.75, 3.05) is 19.6 Å². The number of carbonyl (C=O) groups is 1. The van der Waals surface area contributed by atoms with Crippen LogP contribution in [0.3, 0.4) is 0 Å². The van der Waals surface area contributed by atoms with Crippen molar-refractivity contribution in [2.24, 2.45) is 0 Å². The predicted octanol–water partition coefficient (Wildman–Crippen LogP) is 3.12. The normalized spacial score (nSPS) is 14.5. The lowest BCUT2D eigenvalue weighted by molar-refractivity contribution is -0.384. The zero-order valence-electron chi connectivity index (χ0n) is 13.8. The summed E-state index contributed by atoms with van der Waals surface area (Å²) in [4.78, 5) is 24.3. The van der Waals surface area contributed by atoms with E-state index < -0.39 is 4.92 Å². The lowest BCUT2D eigenvalue weighted by Gasteiger charge is -2.33. The van der Waals surface area contributed by atoms with Gasteiger partial charge in [0.25, 0.3) is 5.69 Å². The first-order chi connectivity index (χ1) is 11.1. The second-order valence-corrected chi connectivity index (χ2v) is 5.65. The van der Waals surface area contributed by atoms with Crippen molar-refractivity contribution >= 4 is 24.2 Å². The molecule has 0 spiro atoms. The molecule has 0 unspecified atom stereocenters. The number of nitro groups is 1. The fourth-order valence-electron chi connectivity index (χ4n) is 2.72. The molecule has 0 radical (unpaired) electrons. The van der Waals surface area contributed by atoms with Crippen LogP contribution in [0.1, 0.15) is 31.7 Å². The van der Waals surface area contributed by atoms with Crippen LogP contribution in [0, 0.1) is 10.1 Å². The van der Waals surface area contributed by atoms with E-state index in [-0.39, 0.29) is 36.8 Å². The lowest BCUT2D eigenvalue weighted by Crippen LogP contribution is -2.46. The van der Waals surface area contributed by atoms with Gasteiger partial charge in [-0.2, -0.15) is 0 Å². The number of non-ortho nitro benzene ring substituents is 1.